The summed E-state index contributed by atoms with van der Waals surface area (Å²) in [4.78, 5) is 31.8. The molecule has 0 spiro atoms. The molecule has 2 aliphatic rings. The zero-order valence-electron chi connectivity index (χ0n) is 22.4. The number of nitrogens with zero attached hydrogens (tertiary/aromatic N) is 7. The fraction of sp³-hybridized carbons (Fsp3) is 0.267. The average molecular weight is 551 g/mol. The van der Waals surface area contributed by atoms with E-state index in [0.717, 1.165) is 31.6 Å². The van der Waals surface area contributed by atoms with Gasteiger partial charge in [-0.05, 0) is 68.0 Å². The first-order chi connectivity index (χ1) is 20.0. The van der Waals surface area contributed by atoms with E-state index in [1.807, 2.05) is 17.0 Å². The summed E-state index contributed by atoms with van der Waals surface area (Å²) >= 11 is 0. The third-order valence-electron chi connectivity index (χ3n) is 8.23. The fourth-order valence-corrected chi connectivity index (χ4v) is 6.11. The van der Waals surface area contributed by atoms with Crippen LogP contribution in [0.5, 0.6) is 11.5 Å². The molecule has 2 fully saturated rings. The van der Waals surface area contributed by atoms with Crippen molar-refractivity contribution in [3.05, 3.63) is 85.0 Å². The molecule has 1 N–H and O–H groups in total. The maximum Gasteiger partial charge on any atom is 0.245 e. The minimum Gasteiger partial charge on any atom is -0.457 e. The molecule has 10 nitrogen and oxygen atoms in total. The number of ether oxygens (including phenoxy) is 1. The predicted octanol–water partition coefficient (Wildman–Crippen LogP) is 5.19. The zero-order valence-corrected chi connectivity index (χ0v) is 22.4. The summed E-state index contributed by atoms with van der Waals surface area (Å²) in [5.74, 6) is 2.12. The van der Waals surface area contributed by atoms with Crippen molar-refractivity contribution < 1.29 is 13.9 Å². The van der Waals surface area contributed by atoms with Crippen molar-refractivity contribution in [2.45, 2.75) is 25.7 Å². The van der Waals surface area contributed by atoms with Crippen LogP contribution in [0.25, 0.3) is 16.7 Å². The summed E-state index contributed by atoms with van der Waals surface area (Å²) in [6.07, 6.45) is 7.97. The normalized spacial score (nSPS) is 20.0. The maximum atomic E-state index is 15.6. The number of pyridine rings is 2. The molecule has 3 atom stereocenters. The lowest BCUT2D eigenvalue weighted by Gasteiger charge is -2.18. The van der Waals surface area contributed by atoms with Crippen LogP contribution in [0.4, 0.5) is 15.9 Å². The molecule has 1 unspecified atom stereocenters. The summed E-state index contributed by atoms with van der Waals surface area (Å²) in [6.45, 7) is 6.82. The van der Waals surface area contributed by atoms with Gasteiger partial charge >= 0.3 is 0 Å². The van der Waals surface area contributed by atoms with Crippen molar-refractivity contribution in [2.75, 3.05) is 18.4 Å². The van der Waals surface area contributed by atoms with Crippen molar-refractivity contribution in [2.24, 2.45) is 11.8 Å². The van der Waals surface area contributed by atoms with Crippen molar-refractivity contribution in [3.63, 3.8) is 0 Å². The van der Waals surface area contributed by atoms with Gasteiger partial charge < -0.3 is 15.0 Å². The molecule has 4 aromatic heterocycles. The fourth-order valence-electron chi connectivity index (χ4n) is 6.11. The van der Waals surface area contributed by atoms with E-state index in [-0.39, 0.29) is 17.5 Å². The van der Waals surface area contributed by atoms with Crippen molar-refractivity contribution >= 4 is 34.1 Å². The Kier molecular flexibility index (Phi) is 6.06. The van der Waals surface area contributed by atoms with Gasteiger partial charge in [0, 0.05) is 42.5 Å². The van der Waals surface area contributed by atoms with Crippen LogP contribution in [0.15, 0.2) is 67.9 Å². The van der Waals surface area contributed by atoms with E-state index in [1.54, 1.807) is 41.9 Å². The van der Waals surface area contributed by atoms with Crippen LogP contribution in [-0.2, 0) is 4.79 Å². The number of fused-ring (bicyclic) bond motifs is 3. The minimum absolute atomic E-state index is 0.00286. The molecule has 11 heteroatoms. The predicted molar refractivity (Wildman–Crippen MR) is 151 cm³/mol. The number of carbonyl (C=O) groups is 1. The van der Waals surface area contributed by atoms with Crippen LogP contribution in [0.3, 0.4) is 0 Å². The number of hydrogen-bond acceptors (Lipinski definition) is 8. The quantitative estimate of drug-likeness (QED) is 0.288. The van der Waals surface area contributed by atoms with Gasteiger partial charge in [0.25, 0.3) is 0 Å². The first kappa shape index (κ1) is 25.1. The number of carbonyl (C=O) groups excluding carboxylic acids is 1. The highest BCUT2D eigenvalue weighted by Crippen LogP contribution is 2.46. The van der Waals surface area contributed by atoms with Gasteiger partial charge in [-0.25, -0.2) is 28.8 Å². The van der Waals surface area contributed by atoms with E-state index in [0.29, 0.717) is 51.4 Å². The number of aromatic nitrogens is 6. The van der Waals surface area contributed by atoms with E-state index in [1.165, 1.54) is 18.7 Å². The maximum absolute atomic E-state index is 15.6. The van der Waals surface area contributed by atoms with Gasteiger partial charge in [0.05, 0.1) is 11.2 Å². The molecule has 1 aliphatic heterocycles. The van der Waals surface area contributed by atoms with E-state index < -0.39 is 5.82 Å². The molecule has 1 amide bonds. The Morgan fingerprint density at radius 2 is 1.93 bits per heavy atom. The minimum atomic E-state index is -0.448. The zero-order chi connectivity index (χ0) is 28.1. The highest BCUT2D eigenvalue weighted by atomic mass is 19.1. The Balaban J connectivity index is 1.12. The summed E-state index contributed by atoms with van der Waals surface area (Å²) in [5.41, 5.74) is 3.48. The summed E-state index contributed by atoms with van der Waals surface area (Å²) in [6, 6.07) is 10.8. The third-order valence-corrected chi connectivity index (χ3v) is 8.23. The number of amides is 1. The lowest BCUT2D eigenvalue weighted by Crippen LogP contribution is -2.27. The lowest BCUT2D eigenvalue weighted by molar-refractivity contribution is -0.125. The SMILES string of the molecule is C=CC(=O)N1C[C@H]2CC(c3ccc4ncnc(Nc5ccc(Oc6ccn7ncnc7c6)c(C)c5F)c4n3)C[C@H]2C1. The number of halogens is 1. The summed E-state index contributed by atoms with van der Waals surface area (Å²) in [5, 5.41) is 7.21. The molecular weight excluding hydrogens is 523 g/mol. The first-order valence-corrected chi connectivity index (χ1v) is 13.5. The van der Waals surface area contributed by atoms with Crippen LogP contribution in [0, 0.1) is 24.6 Å². The van der Waals surface area contributed by atoms with Crippen molar-refractivity contribution in [1.82, 2.24) is 34.4 Å². The topological polar surface area (TPSA) is 110 Å². The highest BCUT2D eigenvalue weighted by Gasteiger charge is 2.42. The van der Waals surface area contributed by atoms with Gasteiger partial charge in [-0.3, -0.25) is 4.79 Å². The van der Waals surface area contributed by atoms with Gasteiger partial charge in [0.1, 0.15) is 29.7 Å². The van der Waals surface area contributed by atoms with Crippen LogP contribution in [0.2, 0.25) is 0 Å². The van der Waals surface area contributed by atoms with Crippen molar-refractivity contribution in [1.29, 1.82) is 0 Å². The third kappa shape index (κ3) is 4.52. The molecule has 1 aliphatic carbocycles. The molecule has 1 aromatic carbocycles. The monoisotopic (exact) mass is 550 g/mol. The van der Waals surface area contributed by atoms with Crippen LogP contribution >= 0.6 is 0 Å². The average Bonchev–Trinajstić information content (AvgIpc) is 3.72. The van der Waals surface area contributed by atoms with Crippen LogP contribution in [0.1, 0.15) is 30.0 Å². The summed E-state index contributed by atoms with van der Waals surface area (Å²) in [7, 11) is 0. The Morgan fingerprint density at radius 1 is 1.10 bits per heavy atom. The summed E-state index contributed by atoms with van der Waals surface area (Å²) < 4.78 is 23.1. The number of likely N-dealkylation sites (tertiary alicyclic amines) is 1. The smallest absolute Gasteiger partial charge is 0.245 e. The van der Waals surface area contributed by atoms with Gasteiger partial charge in [-0.1, -0.05) is 6.58 Å². The second kappa shape index (κ2) is 9.92. The molecule has 7 rings (SSSR count). The van der Waals surface area contributed by atoms with E-state index >= 15 is 4.39 Å². The Morgan fingerprint density at radius 3 is 2.73 bits per heavy atom. The molecule has 41 heavy (non-hydrogen) atoms. The van der Waals surface area contributed by atoms with Crippen LogP contribution in [-0.4, -0.2) is 53.4 Å². The van der Waals surface area contributed by atoms with E-state index in [9.17, 15) is 4.79 Å². The Bertz CT molecular complexity index is 1810. The number of benzene rings is 1. The molecule has 1 saturated heterocycles. The van der Waals surface area contributed by atoms with Crippen LogP contribution < -0.4 is 10.1 Å². The lowest BCUT2D eigenvalue weighted by atomic mass is 10.0. The van der Waals surface area contributed by atoms with Gasteiger partial charge in [0.2, 0.25) is 5.91 Å². The molecule has 1 saturated carbocycles. The Hall–Kier alpha value is -4.93. The molecular formula is C30H27FN8O2. The van der Waals surface area contributed by atoms with E-state index in [2.05, 4.69) is 31.9 Å². The van der Waals surface area contributed by atoms with E-state index in [4.69, 9.17) is 9.72 Å². The van der Waals surface area contributed by atoms with Gasteiger partial charge in [-0.15, -0.1) is 0 Å². The number of nitrogens with one attached hydrogen (secondary N) is 1. The van der Waals surface area contributed by atoms with Gasteiger partial charge in [0.15, 0.2) is 17.3 Å². The molecule has 5 aromatic rings. The number of rotatable bonds is 6. The second-order valence-corrected chi connectivity index (χ2v) is 10.7. The highest BCUT2D eigenvalue weighted by molar-refractivity contribution is 5.88. The molecule has 5 heterocycles. The van der Waals surface area contributed by atoms with Gasteiger partial charge in [-0.2, -0.15) is 5.10 Å². The first-order valence-electron chi connectivity index (χ1n) is 13.5. The standard InChI is InChI=1S/C30H27FN8O2/c1-3-27(40)38-13-19-10-18(11-20(19)14-38)22-4-5-24-29(36-22)30(34-15-32-24)37-23-6-7-25(17(2)28(23)31)41-21-8-9-39-26(12-21)33-16-35-39/h3-9,12,15-16,18-20H,1,10-11,13-14H2,2H3,(H,32,34,37)/t18?,19-,20+. The molecule has 206 valence electrons. The van der Waals surface area contributed by atoms with Crippen molar-refractivity contribution in [3.8, 4) is 11.5 Å². The largest absolute Gasteiger partial charge is 0.457 e. The number of anilines is 2. The molecule has 0 bridgehead atoms. The Labute approximate surface area is 234 Å². The number of hydrogen-bond donors (Lipinski definition) is 1. The second-order valence-electron chi connectivity index (χ2n) is 10.7. The molecule has 0 radical (unpaired) electrons.